The Labute approximate surface area is 106 Å². The van der Waals surface area contributed by atoms with Gasteiger partial charge < -0.3 is 4.74 Å². The van der Waals surface area contributed by atoms with Crippen molar-refractivity contribution in [2.24, 2.45) is 0 Å². The standard InChI is InChI=1S/C11H12Br2O2/c1-2-15-11(14)6-8-3-4-9(7-12)10(13)5-8/h3-5H,2,6-7H2,1H3. The average molecular weight is 336 g/mol. The highest BCUT2D eigenvalue weighted by molar-refractivity contribution is 9.10. The van der Waals surface area contributed by atoms with Crippen molar-refractivity contribution in [3.05, 3.63) is 33.8 Å². The highest BCUT2D eigenvalue weighted by atomic mass is 79.9. The minimum atomic E-state index is -0.184. The molecule has 0 aliphatic carbocycles. The third kappa shape index (κ3) is 3.95. The molecule has 0 atom stereocenters. The molecule has 4 heteroatoms. The molecule has 82 valence electrons. The lowest BCUT2D eigenvalue weighted by Crippen LogP contribution is -2.07. The monoisotopic (exact) mass is 334 g/mol. The third-order valence-electron chi connectivity index (χ3n) is 1.92. The van der Waals surface area contributed by atoms with Gasteiger partial charge in [0.2, 0.25) is 0 Å². The van der Waals surface area contributed by atoms with Crippen LogP contribution >= 0.6 is 31.9 Å². The average Bonchev–Trinajstić information content (AvgIpc) is 2.18. The van der Waals surface area contributed by atoms with Gasteiger partial charge in [-0.3, -0.25) is 4.79 Å². The van der Waals surface area contributed by atoms with Gasteiger partial charge in [0.25, 0.3) is 0 Å². The smallest absolute Gasteiger partial charge is 0.310 e. The maximum atomic E-state index is 11.2. The van der Waals surface area contributed by atoms with Gasteiger partial charge in [0.05, 0.1) is 13.0 Å². The van der Waals surface area contributed by atoms with Crippen molar-refractivity contribution in [3.8, 4) is 0 Å². The largest absolute Gasteiger partial charge is 0.466 e. The molecule has 0 amide bonds. The second kappa shape index (κ2) is 6.28. The van der Waals surface area contributed by atoms with Crippen LogP contribution in [0.2, 0.25) is 0 Å². The number of hydrogen-bond donors (Lipinski definition) is 0. The van der Waals surface area contributed by atoms with Crippen LogP contribution in [-0.4, -0.2) is 12.6 Å². The molecule has 1 rings (SSSR count). The van der Waals surface area contributed by atoms with E-state index in [1.165, 1.54) is 5.56 Å². The Morgan fingerprint density at radius 2 is 2.20 bits per heavy atom. The van der Waals surface area contributed by atoms with Crippen LogP contribution in [0.4, 0.5) is 0 Å². The van der Waals surface area contributed by atoms with Gasteiger partial charge in [-0.15, -0.1) is 0 Å². The Kier molecular flexibility index (Phi) is 5.32. The quantitative estimate of drug-likeness (QED) is 0.622. The molecular weight excluding hydrogens is 324 g/mol. The number of hydrogen-bond acceptors (Lipinski definition) is 2. The van der Waals surface area contributed by atoms with Crippen molar-refractivity contribution in [2.75, 3.05) is 6.61 Å². The predicted octanol–water partition coefficient (Wildman–Crippen LogP) is 3.45. The van der Waals surface area contributed by atoms with Gasteiger partial charge in [-0.1, -0.05) is 44.0 Å². The van der Waals surface area contributed by atoms with Gasteiger partial charge in [-0.2, -0.15) is 0 Å². The molecule has 0 spiro atoms. The van der Waals surface area contributed by atoms with E-state index < -0.39 is 0 Å². The van der Waals surface area contributed by atoms with Crippen molar-refractivity contribution in [3.63, 3.8) is 0 Å². The Morgan fingerprint density at radius 1 is 1.47 bits per heavy atom. The van der Waals surface area contributed by atoms with E-state index in [1.807, 2.05) is 25.1 Å². The molecule has 0 unspecified atom stereocenters. The molecule has 0 heterocycles. The first-order valence-corrected chi connectivity index (χ1v) is 6.57. The van der Waals surface area contributed by atoms with Gasteiger partial charge in [0.1, 0.15) is 0 Å². The van der Waals surface area contributed by atoms with E-state index in [0.717, 1.165) is 15.4 Å². The van der Waals surface area contributed by atoms with Crippen molar-refractivity contribution >= 4 is 37.8 Å². The summed E-state index contributed by atoms with van der Waals surface area (Å²) in [6.07, 6.45) is 0.328. The maximum Gasteiger partial charge on any atom is 0.310 e. The first-order valence-electron chi connectivity index (χ1n) is 4.66. The van der Waals surface area contributed by atoms with Gasteiger partial charge >= 0.3 is 5.97 Å². The molecule has 0 saturated heterocycles. The number of halogens is 2. The van der Waals surface area contributed by atoms with Crippen LogP contribution in [0.1, 0.15) is 18.1 Å². The van der Waals surface area contributed by atoms with Crippen LogP contribution in [0.5, 0.6) is 0 Å². The molecule has 2 nitrogen and oxygen atoms in total. The van der Waals surface area contributed by atoms with Crippen LogP contribution in [0, 0.1) is 0 Å². The van der Waals surface area contributed by atoms with Crippen molar-refractivity contribution in [1.29, 1.82) is 0 Å². The second-order valence-corrected chi connectivity index (χ2v) is 4.46. The molecule has 1 aromatic rings. The molecule has 0 aliphatic rings. The third-order valence-corrected chi connectivity index (χ3v) is 3.26. The lowest BCUT2D eigenvalue weighted by atomic mass is 10.1. The van der Waals surface area contributed by atoms with Crippen LogP contribution in [0.25, 0.3) is 0 Å². The fourth-order valence-electron chi connectivity index (χ4n) is 1.19. The summed E-state index contributed by atoms with van der Waals surface area (Å²) in [4.78, 5) is 11.2. The molecular formula is C11H12Br2O2. The lowest BCUT2D eigenvalue weighted by Gasteiger charge is -2.05. The molecule has 1 aromatic carbocycles. The van der Waals surface area contributed by atoms with Crippen molar-refractivity contribution < 1.29 is 9.53 Å². The zero-order valence-electron chi connectivity index (χ0n) is 8.43. The number of esters is 1. The molecule has 0 aromatic heterocycles. The summed E-state index contributed by atoms with van der Waals surface area (Å²) in [6, 6.07) is 5.89. The van der Waals surface area contributed by atoms with E-state index in [1.54, 1.807) is 0 Å². The maximum absolute atomic E-state index is 11.2. The van der Waals surface area contributed by atoms with Gasteiger partial charge in [-0.25, -0.2) is 0 Å². The Morgan fingerprint density at radius 3 is 2.73 bits per heavy atom. The van der Waals surface area contributed by atoms with Gasteiger partial charge in [0, 0.05) is 9.80 Å². The summed E-state index contributed by atoms with van der Waals surface area (Å²) < 4.78 is 5.89. The number of rotatable bonds is 4. The van der Waals surface area contributed by atoms with E-state index in [9.17, 15) is 4.79 Å². The Hall–Kier alpha value is -0.350. The fourth-order valence-corrected chi connectivity index (χ4v) is 2.62. The zero-order valence-corrected chi connectivity index (χ0v) is 11.6. The number of carbonyl (C=O) groups is 1. The topological polar surface area (TPSA) is 26.3 Å². The van der Waals surface area contributed by atoms with E-state index >= 15 is 0 Å². The minimum Gasteiger partial charge on any atom is -0.466 e. The molecule has 0 fully saturated rings. The van der Waals surface area contributed by atoms with Gasteiger partial charge in [-0.05, 0) is 24.1 Å². The molecule has 0 aliphatic heterocycles. The highest BCUT2D eigenvalue weighted by Gasteiger charge is 2.05. The van der Waals surface area contributed by atoms with Crippen LogP contribution < -0.4 is 0 Å². The summed E-state index contributed by atoms with van der Waals surface area (Å²) >= 11 is 6.84. The first kappa shape index (κ1) is 12.7. The minimum absolute atomic E-state index is 0.184. The number of alkyl halides is 1. The predicted molar refractivity (Wildman–Crippen MR) is 67.1 cm³/mol. The second-order valence-electron chi connectivity index (χ2n) is 3.04. The van der Waals surface area contributed by atoms with E-state index in [2.05, 4.69) is 31.9 Å². The number of carbonyl (C=O) groups excluding carboxylic acids is 1. The van der Waals surface area contributed by atoms with Crippen molar-refractivity contribution in [1.82, 2.24) is 0 Å². The summed E-state index contributed by atoms with van der Waals surface area (Å²) in [5.74, 6) is -0.184. The van der Waals surface area contributed by atoms with E-state index in [-0.39, 0.29) is 5.97 Å². The molecule has 15 heavy (non-hydrogen) atoms. The molecule has 0 N–H and O–H groups in total. The summed E-state index contributed by atoms with van der Waals surface area (Å²) in [6.45, 7) is 2.24. The Balaban J connectivity index is 2.71. The van der Waals surface area contributed by atoms with Crippen LogP contribution in [0.15, 0.2) is 22.7 Å². The van der Waals surface area contributed by atoms with E-state index in [4.69, 9.17) is 4.74 Å². The highest BCUT2D eigenvalue weighted by Crippen LogP contribution is 2.21. The lowest BCUT2D eigenvalue weighted by molar-refractivity contribution is -0.142. The van der Waals surface area contributed by atoms with Gasteiger partial charge in [0.15, 0.2) is 0 Å². The number of benzene rings is 1. The normalized spacial score (nSPS) is 10.1. The molecule has 0 bridgehead atoms. The van der Waals surface area contributed by atoms with E-state index in [0.29, 0.717) is 13.0 Å². The zero-order chi connectivity index (χ0) is 11.3. The Bertz CT molecular complexity index is 350. The molecule has 0 saturated carbocycles. The molecule has 0 radical (unpaired) electrons. The van der Waals surface area contributed by atoms with Crippen LogP contribution in [-0.2, 0) is 21.3 Å². The first-order chi connectivity index (χ1) is 7.17. The fraction of sp³-hybridized carbons (Fsp3) is 0.364. The number of ether oxygens (including phenoxy) is 1. The summed E-state index contributed by atoms with van der Waals surface area (Å²) in [5, 5.41) is 0.799. The van der Waals surface area contributed by atoms with Crippen molar-refractivity contribution in [2.45, 2.75) is 18.7 Å². The SMILES string of the molecule is CCOC(=O)Cc1ccc(CBr)c(Br)c1. The van der Waals surface area contributed by atoms with Crippen LogP contribution in [0.3, 0.4) is 0 Å². The summed E-state index contributed by atoms with van der Waals surface area (Å²) in [7, 11) is 0. The summed E-state index contributed by atoms with van der Waals surface area (Å²) in [5.41, 5.74) is 2.13.